The highest BCUT2D eigenvalue weighted by Crippen LogP contribution is 2.34. The number of rotatable bonds is 1. The van der Waals surface area contributed by atoms with E-state index in [1.54, 1.807) is 0 Å². The van der Waals surface area contributed by atoms with Gasteiger partial charge in [-0.15, -0.1) is 0 Å². The summed E-state index contributed by atoms with van der Waals surface area (Å²) < 4.78 is 0. The van der Waals surface area contributed by atoms with Gasteiger partial charge in [-0.1, -0.05) is 20.8 Å². The molecule has 1 aromatic rings. The molecule has 2 heterocycles. The molecular formula is C15H25N3. The zero-order chi connectivity index (χ0) is 13.2. The first-order chi connectivity index (χ1) is 8.47. The Morgan fingerprint density at radius 1 is 1.17 bits per heavy atom. The third-order valence-electron chi connectivity index (χ3n) is 4.02. The molecule has 0 saturated carbocycles. The van der Waals surface area contributed by atoms with Crippen molar-refractivity contribution < 1.29 is 0 Å². The fourth-order valence-corrected chi connectivity index (χ4v) is 2.79. The van der Waals surface area contributed by atoms with Crippen molar-refractivity contribution in [3.05, 3.63) is 18.1 Å². The van der Waals surface area contributed by atoms with Crippen LogP contribution < -0.4 is 4.90 Å². The maximum absolute atomic E-state index is 4.59. The van der Waals surface area contributed by atoms with Crippen LogP contribution >= 0.6 is 0 Å². The van der Waals surface area contributed by atoms with Crippen LogP contribution in [0.4, 0.5) is 5.82 Å². The first-order valence-corrected chi connectivity index (χ1v) is 7.00. The number of nitrogens with zero attached hydrogens (tertiary/aromatic N) is 3. The van der Waals surface area contributed by atoms with E-state index in [2.05, 4.69) is 35.6 Å². The van der Waals surface area contributed by atoms with Gasteiger partial charge in [0.15, 0.2) is 0 Å². The standard InChI is InChI=1S/C15H25N3/c1-12-10-16-11-14(17-12)18-8-5-6-13(7-9-18)15(2,3)4/h10-11,13H,5-9H2,1-4H3. The van der Waals surface area contributed by atoms with E-state index in [9.17, 15) is 0 Å². The van der Waals surface area contributed by atoms with E-state index in [-0.39, 0.29) is 0 Å². The van der Waals surface area contributed by atoms with Crippen LogP contribution in [0.2, 0.25) is 0 Å². The van der Waals surface area contributed by atoms with Gasteiger partial charge in [0.05, 0.1) is 11.9 Å². The first-order valence-electron chi connectivity index (χ1n) is 7.00. The van der Waals surface area contributed by atoms with Crippen LogP contribution in [-0.2, 0) is 0 Å². The molecule has 1 saturated heterocycles. The van der Waals surface area contributed by atoms with Crippen LogP contribution in [-0.4, -0.2) is 23.1 Å². The number of hydrogen-bond acceptors (Lipinski definition) is 3. The number of aryl methyl sites for hydroxylation is 1. The highest BCUT2D eigenvalue weighted by molar-refractivity contribution is 5.36. The molecule has 1 atom stereocenters. The van der Waals surface area contributed by atoms with Gasteiger partial charge in [0.25, 0.3) is 0 Å². The van der Waals surface area contributed by atoms with Gasteiger partial charge >= 0.3 is 0 Å². The normalized spacial score (nSPS) is 21.8. The Labute approximate surface area is 111 Å². The highest BCUT2D eigenvalue weighted by Gasteiger charge is 2.27. The minimum Gasteiger partial charge on any atom is -0.355 e. The van der Waals surface area contributed by atoms with E-state index < -0.39 is 0 Å². The molecule has 2 rings (SSSR count). The largest absolute Gasteiger partial charge is 0.355 e. The molecule has 0 aromatic carbocycles. The molecule has 0 amide bonds. The summed E-state index contributed by atoms with van der Waals surface area (Å²) in [6, 6.07) is 0. The van der Waals surface area contributed by atoms with Gasteiger partial charge in [-0.3, -0.25) is 4.98 Å². The third-order valence-corrected chi connectivity index (χ3v) is 4.02. The predicted molar refractivity (Wildman–Crippen MR) is 75.8 cm³/mol. The summed E-state index contributed by atoms with van der Waals surface area (Å²) >= 11 is 0. The van der Waals surface area contributed by atoms with Crippen molar-refractivity contribution in [1.29, 1.82) is 0 Å². The summed E-state index contributed by atoms with van der Waals surface area (Å²) in [5, 5.41) is 0. The maximum Gasteiger partial charge on any atom is 0.147 e. The van der Waals surface area contributed by atoms with Crippen molar-refractivity contribution in [1.82, 2.24) is 9.97 Å². The minimum atomic E-state index is 0.425. The molecule has 18 heavy (non-hydrogen) atoms. The van der Waals surface area contributed by atoms with Crippen LogP contribution in [0.3, 0.4) is 0 Å². The zero-order valence-corrected chi connectivity index (χ0v) is 12.1. The Bertz CT molecular complexity index is 395. The van der Waals surface area contributed by atoms with Crippen molar-refractivity contribution in [2.75, 3.05) is 18.0 Å². The van der Waals surface area contributed by atoms with Crippen LogP contribution in [0, 0.1) is 18.3 Å². The lowest BCUT2D eigenvalue weighted by Gasteiger charge is -2.29. The number of hydrogen-bond donors (Lipinski definition) is 0. The van der Waals surface area contributed by atoms with Crippen molar-refractivity contribution in [3.8, 4) is 0 Å². The van der Waals surface area contributed by atoms with Gasteiger partial charge in [0.2, 0.25) is 0 Å². The van der Waals surface area contributed by atoms with E-state index in [4.69, 9.17) is 0 Å². The van der Waals surface area contributed by atoms with Gasteiger partial charge in [0, 0.05) is 19.3 Å². The minimum absolute atomic E-state index is 0.425. The zero-order valence-electron chi connectivity index (χ0n) is 12.1. The number of aromatic nitrogens is 2. The molecule has 1 aliphatic heterocycles. The number of anilines is 1. The molecule has 100 valence electrons. The molecular weight excluding hydrogens is 222 g/mol. The van der Waals surface area contributed by atoms with Gasteiger partial charge in [-0.05, 0) is 37.5 Å². The molecule has 3 heteroatoms. The molecule has 0 N–H and O–H groups in total. The molecule has 1 fully saturated rings. The lowest BCUT2D eigenvalue weighted by molar-refractivity contribution is 0.220. The SMILES string of the molecule is Cc1cncc(N2CCCC(C(C)(C)C)CC2)n1. The Morgan fingerprint density at radius 3 is 2.61 bits per heavy atom. The Hall–Kier alpha value is -1.12. The maximum atomic E-state index is 4.59. The third kappa shape index (κ3) is 3.21. The average molecular weight is 247 g/mol. The molecule has 0 bridgehead atoms. The molecule has 0 spiro atoms. The van der Waals surface area contributed by atoms with E-state index in [0.29, 0.717) is 5.41 Å². The first kappa shape index (κ1) is 13.3. The summed E-state index contributed by atoms with van der Waals surface area (Å²) in [5.41, 5.74) is 1.43. The van der Waals surface area contributed by atoms with Crippen molar-refractivity contribution in [2.24, 2.45) is 11.3 Å². The lowest BCUT2D eigenvalue weighted by Crippen LogP contribution is -2.27. The van der Waals surface area contributed by atoms with Crippen molar-refractivity contribution >= 4 is 5.82 Å². The molecule has 1 unspecified atom stereocenters. The summed E-state index contributed by atoms with van der Waals surface area (Å²) in [4.78, 5) is 11.2. The van der Waals surface area contributed by atoms with E-state index in [0.717, 1.165) is 30.5 Å². The van der Waals surface area contributed by atoms with Gasteiger partial charge in [0.1, 0.15) is 5.82 Å². The quantitative estimate of drug-likeness (QED) is 0.761. The second kappa shape index (κ2) is 5.25. The summed E-state index contributed by atoms with van der Waals surface area (Å²) in [7, 11) is 0. The van der Waals surface area contributed by atoms with Gasteiger partial charge < -0.3 is 4.90 Å². The van der Waals surface area contributed by atoms with Gasteiger partial charge in [-0.2, -0.15) is 0 Å². The highest BCUT2D eigenvalue weighted by atomic mass is 15.2. The van der Waals surface area contributed by atoms with E-state index >= 15 is 0 Å². The lowest BCUT2D eigenvalue weighted by atomic mass is 9.77. The van der Waals surface area contributed by atoms with Crippen LogP contribution in [0.25, 0.3) is 0 Å². The van der Waals surface area contributed by atoms with E-state index in [1.807, 2.05) is 19.3 Å². The van der Waals surface area contributed by atoms with Gasteiger partial charge in [-0.25, -0.2) is 4.98 Å². The smallest absolute Gasteiger partial charge is 0.147 e. The summed E-state index contributed by atoms with van der Waals surface area (Å²) in [6.07, 6.45) is 7.57. The molecule has 1 aliphatic rings. The predicted octanol–water partition coefficient (Wildman–Crippen LogP) is 3.44. The fourth-order valence-electron chi connectivity index (χ4n) is 2.79. The molecule has 1 aromatic heterocycles. The molecule has 0 radical (unpaired) electrons. The average Bonchev–Trinajstić information content (AvgIpc) is 2.53. The van der Waals surface area contributed by atoms with Crippen molar-refractivity contribution in [2.45, 2.75) is 47.0 Å². The van der Waals surface area contributed by atoms with Crippen LogP contribution in [0.1, 0.15) is 45.7 Å². The van der Waals surface area contributed by atoms with Crippen molar-refractivity contribution in [3.63, 3.8) is 0 Å². The van der Waals surface area contributed by atoms with Crippen LogP contribution in [0.15, 0.2) is 12.4 Å². The van der Waals surface area contributed by atoms with E-state index in [1.165, 1.54) is 19.3 Å². The van der Waals surface area contributed by atoms with Crippen LogP contribution in [0.5, 0.6) is 0 Å². The summed E-state index contributed by atoms with van der Waals surface area (Å²) in [5.74, 6) is 1.87. The Morgan fingerprint density at radius 2 is 1.94 bits per heavy atom. The molecule has 3 nitrogen and oxygen atoms in total. The molecule has 0 aliphatic carbocycles. The summed E-state index contributed by atoms with van der Waals surface area (Å²) in [6.45, 7) is 11.3. The second-order valence-electron chi connectivity index (χ2n) is 6.50. The monoisotopic (exact) mass is 247 g/mol. The fraction of sp³-hybridized carbons (Fsp3) is 0.733. The Kier molecular flexibility index (Phi) is 3.88. The topological polar surface area (TPSA) is 29.0 Å². The second-order valence-corrected chi connectivity index (χ2v) is 6.50. The Balaban J connectivity index is 2.05.